The third kappa shape index (κ3) is 4.48. The molecule has 1 saturated heterocycles. The van der Waals surface area contributed by atoms with E-state index in [0.29, 0.717) is 38.7 Å². The van der Waals surface area contributed by atoms with Gasteiger partial charge in [0, 0.05) is 57.4 Å². The number of hydrogen-bond acceptors (Lipinski definition) is 4. The van der Waals surface area contributed by atoms with Crippen LogP contribution in [0.5, 0.6) is 0 Å². The molecule has 4 aliphatic rings. The van der Waals surface area contributed by atoms with Gasteiger partial charge in [-0.25, -0.2) is 9.79 Å². The zero-order valence-electron chi connectivity index (χ0n) is 18.3. The molecular weight excluding hydrogens is 404 g/mol. The van der Waals surface area contributed by atoms with Crippen LogP contribution in [-0.4, -0.2) is 54.3 Å². The topological polar surface area (TPSA) is 74.2 Å². The summed E-state index contributed by atoms with van der Waals surface area (Å²) >= 11 is 0. The average Bonchev–Trinajstić information content (AvgIpc) is 3.29. The normalized spacial score (nSPS) is 23.4. The van der Waals surface area contributed by atoms with Crippen molar-refractivity contribution < 1.29 is 14.3 Å². The second-order valence-electron chi connectivity index (χ2n) is 8.96. The molecule has 1 fully saturated rings. The molecule has 3 amide bonds. The largest absolute Gasteiger partial charge is 0.381 e. The van der Waals surface area contributed by atoms with Crippen LogP contribution in [0.1, 0.15) is 36.8 Å². The van der Waals surface area contributed by atoms with Crippen molar-refractivity contribution >= 4 is 18.2 Å². The summed E-state index contributed by atoms with van der Waals surface area (Å²) < 4.78 is 5.38. The first-order valence-corrected chi connectivity index (χ1v) is 11.6. The number of nitrogens with one attached hydrogen (secondary N) is 1. The summed E-state index contributed by atoms with van der Waals surface area (Å²) in [4.78, 5) is 33.7. The van der Waals surface area contributed by atoms with Crippen molar-refractivity contribution in [3.63, 3.8) is 0 Å². The number of rotatable bonds is 3. The van der Waals surface area contributed by atoms with E-state index in [-0.39, 0.29) is 23.8 Å². The number of benzene rings is 1. The second-order valence-corrected chi connectivity index (χ2v) is 8.96. The molecule has 0 bridgehead atoms. The summed E-state index contributed by atoms with van der Waals surface area (Å²) in [6, 6.07) is 8.05. The Balaban J connectivity index is 1.11. The van der Waals surface area contributed by atoms with Gasteiger partial charge in [0.05, 0.1) is 0 Å². The molecule has 1 aromatic carbocycles. The summed E-state index contributed by atoms with van der Waals surface area (Å²) in [5.74, 6) is 1.25. The molecule has 4 aliphatic heterocycles. The number of carbonyl (C=O) groups excluding carboxylic acids is 2. The quantitative estimate of drug-likeness (QED) is 0.743. The van der Waals surface area contributed by atoms with Gasteiger partial charge in [0.2, 0.25) is 5.91 Å². The van der Waals surface area contributed by atoms with Crippen molar-refractivity contribution in [2.75, 3.05) is 26.3 Å². The van der Waals surface area contributed by atoms with E-state index < -0.39 is 0 Å². The van der Waals surface area contributed by atoms with Gasteiger partial charge in [0.15, 0.2) is 0 Å². The zero-order valence-corrected chi connectivity index (χ0v) is 18.3. The summed E-state index contributed by atoms with van der Waals surface area (Å²) in [6.07, 6.45) is 9.51. The minimum atomic E-state index is -0.109. The maximum absolute atomic E-state index is 12.7. The fourth-order valence-corrected chi connectivity index (χ4v) is 4.94. The number of amides is 3. The lowest BCUT2D eigenvalue weighted by atomic mass is 9.90. The van der Waals surface area contributed by atoms with Crippen LogP contribution in [0.15, 0.2) is 52.8 Å². The molecule has 0 radical (unpaired) electrons. The van der Waals surface area contributed by atoms with E-state index in [9.17, 15) is 9.59 Å². The lowest BCUT2D eigenvalue weighted by Crippen LogP contribution is -2.41. The first kappa shape index (κ1) is 20.9. The summed E-state index contributed by atoms with van der Waals surface area (Å²) in [5, 5.41) is 2.95. The number of fused-ring (bicyclic) bond motifs is 1. The highest BCUT2D eigenvalue weighted by molar-refractivity contribution is 5.80. The highest BCUT2D eigenvalue weighted by Crippen LogP contribution is 2.27. The molecule has 0 aromatic heterocycles. The molecule has 1 atom stereocenters. The van der Waals surface area contributed by atoms with Gasteiger partial charge in [-0.1, -0.05) is 35.9 Å². The Kier molecular flexibility index (Phi) is 6.08. The molecule has 7 heteroatoms. The molecule has 0 saturated carbocycles. The minimum Gasteiger partial charge on any atom is -0.381 e. The van der Waals surface area contributed by atoms with Crippen LogP contribution in [-0.2, 0) is 22.6 Å². The highest BCUT2D eigenvalue weighted by Gasteiger charge is 2.29. The maximum Gasteiger partial charge on any atom is 0.323 e. The van der Waals surface area contributed by atoms with Crippen molar-refractivity contribution in [3.8, 4) is 0 Å². The number of allylic oxidation sites excluding steroid dienone is 1. The number of ether oxygens (including phenoxy) is 1. The number of carbonyl (C=O) groups is 2. The molecular formula is C25H30N4O3. The van der Waals surface area contributed by atoms with Crippen LogP contribution >= 0.6 is 0 Å². The maximum atomic E-state index is 12.7. The Morgan fingerprint density at radius 2 is 1.78 bits per heavy atom. The lowest BCUT2D eigenvalue weighted by Gasteiger charge is -2.33. The van der Waals surface area contributed by atoms with Gasteiger partial charge in [-0.15, -0.1) is 0 Å². The molecule has 5 rings (SSSR count). The van der Waals surface area contributed by atoms with Gasteiger partial charge < -0.3 is 14.5 Å². The van der Waals surface area contributed by atoms with E-state index in [2.05, 4.69) is 28.5 Å². The van der Waals surface area contributed by atoms with E-state index in [1.807, 2.05) is 29.3 Å². The lowest BCUT2D eigenvalue weighted by molar-refractivity contribution is -0.138. The monoisotopic (exact) mass is 434 g/mol. The van der Waals surface area contributed by atoms with Gasteiger partial charge >= 0.3 is 6.03 Å². The predicted octanol–water partition coefficient (Wildman–Crippen LogP) is 3.23. The standard InChI is InChI=1S/C25H30N4O3/c30-24(19-9-13-32-14-10-19)28-11-7-18(8-12-28)20-5-6-23(26-15-20)27-25(31)29-16-21-3-1-2-4-22(21)17-29/h1-4,6-7,15,19-20H,5,8-14,16-17H2,(H,27,31). The zero-order chi connectivity index (χ0) is 21.9. The minimum absolute atomic E-state index is 0.109. The van der Waals surface area contributed by atoms with Crippen LogP contribution < -0.4 is 5.32 Å². The molecule has 4 heterocycles. The van der Waals surface area contributed by atoms with Gasteiger partial charge in [-0.05, 0) is 42.9 Å². The number of hydrogen-bond donors (Lipinski definition) is 1. The number of aliphatic imine (C=N–C) groups is 1. The average molecular weight is 435 g/mol. The molecule has 168 valence electrons. The van der Waals surface area contributed by atoms with Crippen LogP contribution in [0.4, 0.5) is 4.79 Å². The van der Waals surface area contributed by atoms with E-state index >= 15 is 0 Å². The fraction of sp³-hybridized carbons (Fsp3) is 0.480. The third-order valence-corrected chi connectivity index (χ3v) is 6.92. The van der Waals surface area contributed by atoms with Crippen molar-refractivity contribution in [3.05, 3.63) is 58.9 Å². The molecule has 32 heavy (non-hydrogen) atoms. The molecule has 1 unspecified atom stereocenters. The third-order valence-electron chi connectivity index (χ3n) is 6.92. The molecule has 0 aliphatic carbocycles. The first-order chi connectivity index (χ1) is 15.7. The molecule has 7 nitrogen and oxygen atoms in total. The Bertz CT molecular complexity index is 952. The Labute approximate surface area is 188 Å². The number of nitrogens with zero attached hydrogens (tertiary/aromatic N) is 3. The van der Waals surface area contributed by atoms with Gasteiger partial charge in [-0.2, -0.15) is 0 Å². The smallest absolute Gasteiger partial charge is 0.323 e. The van der Waals surface area contributed by atoms with Gasteiger partial charge in [0.25, 0.3) is 0 Å². The fourth-order valence-electron chi connectivity index (χ4n) is 4.94. The molecule has 1 N–H and O–H groups in total. The van der Waals surface area contributed by atoms with Crippen LogP contribution in [0.2, 0.25) is 0 Å². The van der Waals surface area contributed by atoms with Crippen LogP contribution in [0.3, 0.4) is 0 Å². The van der Waals surface area contributed by atoms with Crippen molar-refractivity contribution in [2.24, 2.45) is 16.8 Å². The van der Waals surface area contributed by atoms with Crippen molar-refractivity contribution in [1.82, 2.24) is 15.1 Å². The molecule has 0 spiro atoms. The van der Waals surface area contributed by atoms with E-state index in [0.717, 1.165) is 32.2 Å². The van der Waals surface area contributed by atoms with E-state index in [4.69, 9.17) is 4.74 Å². The number of urea groups is 1. The van der Waals surface area contributed by atoms with E-state index in [1.165, 1.54) is 16.7 Å². The first-order valence-electron chi connectivity index (χ1n) is 11.6. The van der Waals surface area contributed by atoms with Crippen LogP contribution in [0, 0.1) is 11.8 Å². The Hall–Kier alpha value is -2.93. The van der Waals surface area contributed by atoms with Gasteiger partial charge in [-0.3, -0.25) is 10.1 Å². The van der Waals surface area contributed by atoms with Crippen molar-refractivity contribution in [2.45, 2.75) is 38.8 Å². The predicted molar refractivity (Wildman–Crippen MR) is 122 cm³/mol. The highest BCUT2D eigenvalue weighted by atomic mass is 16.5. The second kappa shape index (κ2) is 9.28. The van der Waals surface area contributed by atoms with Crippen molar-refractivity contribution in [1.29, 1.82) is 0 Å². The SMILES string of the molecule is O=C(NC1=CCC(C2=CCN(C(=O)C3CCOCC3)CC2)C=N1)N1Cc2ccccc2C1. The Morgan fingerprint density at radius 3 is 2.41 bits per heavy atom. The van der Waals surface area contributed by atoms with E-state index in [1.54, 1.807) is 4.90 Å². The summed E-state index contributed by atoms with van der Waals surface area (Å²) in [5.41, 5.74) is 3.75. The summed E-state index contributed by atoms with van der Waals surface area (Å²) in [6.45, 7) is 4.11. The Morgan fingerprint density at radius 1 is 1.03 bits per heavy atom. The molecule has 1 aromatic rings. The van der Waals surface area contributed by atoms with Crippen LogP contribution in [0.25, 0.3) is 0 Å². The summed E-state index contributed by atoms with van der Waals surface area (Å²) in [7, 11) is 0. The van der Waals surface area contributed by atoms with Gasteiger partial charge in [0.1, 0.15) is 5.82 Å².